The van der Waals surface area contributed by atoms with E-state index < -0.39 is 5.82 Å². The van der Waals surface area contributed by atoms with E-state index in [1.54, 1.807) is 18.2 Å². The number of hydrogen-bond acceptors (Lipinski definition) is 5. The zero-order valence-electron chi connectivity index (χ0n) is 14.4. The molecule has 2 N–H and O–H groups in total. The topological polar surface area (TPSA) is 70.2 Å². The van der Waals surface area contributed by atoms with Crippen molar-refractivity contribution in [1.82, 2.24) is 9.97 Å². The number of amides is 1. The van der Waals surface area contributed by atoms with Crippen LogP contribution < -0.4 is 15.5 Å². The molecular weight excluding hydrogens is 333 g/mol. The summed E-state index contributed by atoms with van der Waals surface area (Å²) in [5.41, 5.74) is 2.29. The molecule has 3 rings (SSSR count). The maximum absolute atomic E-state index is 13.6. The van der Waals surface area contributed by atoms with Gasteiger partial charge in [0.25, 0.3) is 5.91 Å². The summed E-state index contributed by atoms with van der Waals surface area (Å²) in [7, 11) is 3.89. The summed E-state index contributed by atoms with van der Waals surface area (Å²) in [5.74, 6) is -0.513. The molecule has 7 heteroatoms. The quantitative estimate of drug-likeness (QED) is 0.734. The minimum atomic E-state index is -0.404. The van der Waals surface area contributed by atoms with Crippen molar-refractivity contribution in [1.29, 1.82) is 0 Å². The van der Waals surface area contributed by atoms with Gasteiger partial charge in [-0.25, -0.2) is 14.4 Å². The summed E-state index contributed by atoms with van der Waals surface area (Å²) in [6.07, 6.45) is 2.78. The molecule has 0 fully saturated rings. The monoisotopic (exact) mass is 351 g/mol. The number of nitrogens with zero attached hydrogens (tertiary/aromatic N) is 3. The average molecular weight is 351 g/mol. The van der Waals surface area contributed by atoms with Gasteiger partial charge >= 0.3 is 0 Å². The Morgan fingerprint density at radius 1 is 1.00 bits per heavy atom. The number of halogens is 1. The van der Waals surface area contributed by atoms with E-state index >= 15 is 0 Å². The first kappa shape index (κ1) is 17.3. The predicted molar refractivity (Wildman–Crippen MR) is 100 cm³/mol. The number of anilines is 4. The minimum Gasteiger partial charge on any atom is -0.378 e. The maximum atomic E-state index is 13.6. The molecule has 2 aromatic carbocycles. The minimum absolute atomic E-state index is 0.210. The first-order valence-electron chi connectivity index (χ1n) is 7.95. The Morgan fingerprint density at radius 3 is 2.27 bits per heavy atom. The lowest BCUT2D eigenvalue weighted by Crippen LogP contribution is -2.13. The molecule has 1 aromatic heterocycles. The molecule has 1 heterocycles. The standard InChI is InChI=1S/C19H18FN5O/c1-25(2)15-9-7-14(8-10-15)23-18(26)13-11-21-19(22-12-13)24-17-6-4-3-5-16(17)20/h3-12H,1-2H3,(H,23,26)(H,21,22,24). The second-order valence-electron chi connectivity index (χ2n) is 5.80. The Bertz CT molecular complexity index is 895. The summed E-state index contributed by atoms with van der Waals surface area (Å²) < 4.78 is 13.6. The number of benzene rings is 2. The second kappa shape index (κ2) is 7.60. The third kappa shape index (κ3) is 4.13. The molecule has 0 atom stereocenters. The van der Waals surface area contributed by atoms with E-state index in [4.69, 9.17) is 0 Å². The Morgan fingerprint density at radius 2 is 1.65 bits per heavy atom. The molecular formula is C19H18FN5O. The van der Waals surface area contributed by atoms with Gasteiger partial charge in [-0.15, -0.1) is 0 Å². The fraction of sp³-hybridized carbons (Fsp3) is 0.105. The van der Waals surface area contributed by atoms with Crippen molar-refractivity contribution in [2.75, 3.05) is 29.6 Å². The van der Waals surface area contributed by atoms with Crippen LogP contribution >= 0.6 is 0 Å². The number of rotatable bonds is 5. The summed E-state index contributed by atoms with van der Waals surface area (Å²) >= 11 is 0. The Kier molecular flexibility index (Phi) is 5.07. The lowest BCUT2D eigenvalue weighted by molar-refractivity contribution is 0.102. The van der Waals surface area contributed by atoms with Gasteiger partial charge in [-0.05, 0) is 36.4 Å². The third-order valence-corrected chi connectivity index (χ3v) is 3.68. The van der Waals surface area contributed by atoms with Gasteiger partial charge in [0, 0.05) is 37.9 Å². The highest BCUT2D eigenvalue weighted by molar-refractivity contribution is 6.04. The number of aromatic nitrogens is 2. The highest BCUT2D eigenvalue weighted by Gasteiger charge is 2.09. The van der Waals surface area contributed by atoms with E-state index in [0.29, 0.717) is 11.3 Å². The Labute approximate surface area is 150 Å². The highest BCUT2D eigenvalue weighted by atomic mass is 19.1. The third-order valence-electron chi connectivity index (χ3n) is 3.68. The van der Waals surface area contributed by atoms with Crippen molar-refractivity contribution in [3.63, 3.8) is 0 Å². The van der Waals surface area contributed by atoms with Crippen LogP contribution in [0, 0.1) is 5.82 Å². The van der Waals surface area contributed by atoms with Crippen molar-refractivity contribution in [3.8, 4) is 0 Å². The normalized spacial score (nSPS) is 10.3. The van der Waals surface area contributed by atoms with Gasteiger partial charge in [0.1, 0.15) is 5.82 Å². The fourth-order valence-electron chi connectivity index (χ4n) is 2.24. The molecule has 26 heavy (non-hydrogen) atoms. The van der Waals surface area contributed by atoms with E-state index in [-0.39, 0.29) is 17.5 Å². The van der Waals surface area contributed by atoms with Crippen LogP contribution in [0.3, 0.4) is 0 Å². The van der Waals surface area contributed by atoms with Crippen molar-refractivity contribution in [2.45, 2.75) is 0 Å². The van der Waals surface area contributed by atoms with E-state index in [1.165, 1.54) is 18.5 Å². The number of carbonyl (C=O) groups excluding carboxylic acids is 1. The maximum Gasteiger partial charge on any atom is 0.258 e. The smallest absolute Gasteiger partial charge is 0.258 e. The van der Waals surface area contributed by atoms with Crippen LogP contribution in [0.25, 0.3) is 0 Å². The van der Waals surface area contributed by atoms with E-state index in [9.17, 15) is 9.18 Å². The molecule has 0 radical (unpaired) electrons. The SMILES string of the molecule is CN(C)c1ccc(NC(=O)c2cnc(Nc3ccccc3F)nc2)cc1. The summed E-state index contributed by atoms with van der Waals surface area (Å²) in [4.78, 5) is 22.4. The zero-order valence-corrected chi connectivity index (χ0v) is 14.4. The molecule has 0 saturated carbocycles. The average Bonchev–Trinajstić information content (AvgIpc) is 2.64. The lowest BCUT2D eigenvalue weighted by Gasteiger charge is -2.13. The van der Waals surface area contributed by atoms with Crippen LogP contribution in [-0.4, -0.2) is 30.0 Å². The van der Waals surface area contributed by atoms with Crippen molar-refractivity contribution in [3.05, 3.63) is 72.3 Å². The molecule has 6 nitrogen and oxygen atoms in total. The molecule has 0 saturated heterocycles. The summed E-state index contributed by atoms with van der Waals surface area (Å²) in [5, 5.41) is 5.56. The van der Waals surface area contributed by atoms with Gasteiger partial charge in [0.2, 0.25) is 5.95 Å². The molecule has 0 aliphatic heterocycles. The summed E-state index contributed by atoms with van der Waals surface area (Å²) in [6, 6.07) is 13.7. The molecule has 0 spiro atoms. The van der Waals surface area contributed by atoms with Crippen LogP contribution in [0.4, 0.5) is 27.4 Å². The van der Waals surface area contributed by atoms with Crippen LogP contribution in [0.5, 0.6) is 0 Å². The van der Waals surface area contributed by atoms with Crippen LogP contribution in [0.15, 0.2) is 60.9 Å². The van der Waals surface area contributed by atoms with Crippen molar-refractivity contribution >= 4 is 28.9 Å². The number of para-hydroxylation sites is 1. The highest BCUT2D eigenvalue weighted by Crippen LogP contribution is 2.18. The number of carbonyl (C=O) groups is 1. The molecule has 0 aliphatic rings. The Balaban J connectivity index is 1.66. The predicted octanol–water partition coefficient (Wildman–Crippen LogP) is 3.68. The molecule has 1 amide bonds. The largest absolute Gasteiger partial charge is 0.378 e. The number of hydrogen-bond donors (Lipinski definition) is 2. The van der Waals surface area contributed by atoms with Gasteiger partial charge in [0.05, 0.1) is 11.3 Å². The van der Waals surface area contributed by atoms with E-state index in [2.05, 4.69) is 20.6 Å². The zero-order chi connectivity index (χ0) is 18.5. The molecule has 0 unspecified atom stereocenters. The molecule has 0 bridgehead atoms. The van der Waals surface area contributed by atoms with E-state index in [0.717, 1.165) is 5.69 Å². The lowest BCUT2D eigenvalue weighted by atomic mass is 10.2. The van der Waals surface area contributed by atoms with Gasteiger partial charge < -0.3 is 15.5 Å². The van der Waals surface area contributed by atoms with Gasteiger partial charge in [0.15, 0.2) is 0 Å². The number of nitrogens with one attached hydrogen (secondary N) is 2. The van der Waals surface area contributed by atoms with Crippen molar-refractivity contribution in [2.24, 2.45) is 0 Å². The first-order valence-corrected chi connectivity index (χ1v) is 7.95. The van der Waals surface area contributed by atoms with Crippen molar-refractivity contribution < 1.29 is 9.18 Å². The second-order valence-corrected chi connectivity index (χ2v) is 5.80. The first-order chi connectivity index (χ1) is 12.5. The van der Waals surface area contributed by atoms with Gasteiger partial charge in [-0.1, -0.05) is 12.1 Å². The molecule has 3 aromatic rings. The Hall–Kier alpha value is -3.48. The summed E-state index contributed by atoms with van der Waals surface area (Å²) in [6.45, 7) is 0. The van der Waals surface area contributed by atoms with Crippen LogP contribution in [0.2, 0.25) is 0 Å². The van der Waals surface area contributed by atoms with Crippen LogP contribution in [-0.2, 0) is 0 Å². The fourth-order valence-corrected chi connectivity index (χ4v) is 2.24. The molecule has 0 aliphatic carbocycles. The molecule has 132 valence electrons. The van der Waals surface area contributed by atoms with Crippen LogP contribution in [0.1, 0.15) is 10.4 Å². The van der Waals surface area contributed by atoms with Gasteiger partial charge in [-0.2, -0.15) is 0 Å². The van der Waals surface area contributed by atoms with E-state index in [1.807, 2.05) is 43.3 Å². The van der Waals surface area contributed by atoms with Gasteiger partial charge in [-0.3, -0.25) is 4.79 Å².